The fourth-order valence-corrected chi connectivity index (χ4v) is 2.66. The van der Waals surface area contributed by atoms with Crippen LogP contribution in [-0.4, -0.2) is 43.9 Å². The third-order valence-corrected chi connectivity index (χ3v) is 4.22. The molecule has 2 unspecified atom stereocenters. The summed E-state index contributed by atoms with van der Waals surface area (Å²) in [4.78, 5) is 4.49. The average Bonchev–Trinajstić information content (AvgIpc) is 2.71. The molecule has 2 rings (SSSR count). The fourth-order valence-electron chi connectivity index (χ4n) is 2.66. The van der Waals surface area contributed by atoms with Crippen LogP contribution in [0.2, 0.25) is 0 Å². The monoisotopic (exact) mass is 513 g/mol. The van der Waals surface area contributed by atoms with Crippen LogP contribution in [-0.2, 0) is 0 Å². The van der Waals surface area contributed by atoms with E-state index in [2.05, 4.69) is 15.6 Å². The molecule has 0 saturated heterocycles. The van der Waals surface area contributed by atoms with Crippen molar-refractivity contribution in [3.8, 4) is 11.5 Å². The Morgan fingerprint density at radius 3 is 2.59 bits per heavy atom. The van der Waals surface area contributed by atoms with E-state index in [4.69, 9.17) is 9.47 Å². The molecule has 6 nitrogen and oxygen atoms in total. The van der Waals surface area contributed by atoms with Gasteiger partial charge < -0.3 is 25.2 Å². The van der Waals surface area contributed by atoms with Crippen molar-refractivity contribution < 1.29 is 14.6 Å². The molecule has 0 aliphatic heterocycles. The molecule has 160 valence electrons. The molecule has 29 heavy (non-hydrogen) atoms. The molecule has 0 fully saturated rings. The van der Waals surface area contributed by atoms with Gasteiger partial charge in [-0.15, -0.1) is 24.0 Å². The molecule has 0 heterocycles. The Hall–Kier alpha value is -2.00. The lowest BCUT2D eigenvalue weighted by atomic mass is 10.1. The van der Waals surface area contributed by atoms with E-state index < -0.39 is 6.10 Å². The van der Waals surface area contributed by atoms with Gasteiger partial charge in [0.25, 0.3) is 0 Å². The zero-order chi connectivity index (χ0) is 20.4. The lowest BCUT2D eigenvalue weighted by Crippen LogP contribution is -2.42. The Morgan fingerprint density at radius 1 is 1.14 bits per heavy atom. The number of methoxy groups -OCH3 is 1. The van der Waals surface area contributed by atoms with Crippen LogP contribution in [0.5, 0.6) is 11.5 Å². The number of hydrogen-bond donors (Lipinski definition) is 3. The highest BCUT2D eigenvalue weighted by molar-refractivity contribution is 14.0. The highest BCUT2D eigenvalue weighted by Crippen LogP contribution is 2.19. The molecule has 0 bridgehead atoms. The van der Waals surface area contributed by atoms with Crippen molar-refractivity contribution in [3.63, 3.8) is 0 Å². The van der Waals surface area contributed by atoms with E-state index >= 15 is 0 Å². The summed E-state index contributed by atoms with van der Waals surface area (Å²) >= 11 is 0. The van der Waals surface area contributed by atoms with Crippen LogP contribution in [0.15, 0.2) is 53.5 Å². The van der Waals surface area contributed by atoms with Gasteiger partial charge in [0.05, 0.1) is 26.3 Å². The molecule has 2 atom stereocenters. The normalized spacial score (nSPS) is 13.1. The number of para-hydroxylation sites is 1. The molecule has 0 spiro atoms. The SMILES string of the molecule is CCNC(=NCC(O)c1cccc(OC)c1)NCC(C)Oc1ccccc1C.I. The number of ether oxygens (including phenoxy) is 2. The molecule has 2 aromatic carbocycles. The molecule has 0 radical (unpaired) electrons. The first kappa shape index (κ1) is 25.0. The molecule has 0 aliphatic carbocycles. The smallest absolute Gasteiger partial charge is 0.191 e. The van der Waals surface area contributed by atoms with E-state index in [9.17, 15) is 5.11 Å². The summed E-state index contributed by atoms with van der Waals surface area (Å²) < 4.78 is 11.2. The number of aryl methyl sites for hydroxylation is 1. The number of guanidine groups is 1. The minimum Gasteiger partial charge on any atom is -0.497 e. The van der Waals surface area contributed by atoms with Crippen LogP contribution in [0, 0.1) is 6.92 Å². The molecule has 0 saturated carbocycles. The third kappa shape index (κ3) is 8.49. The molecule has 7 heteroatoms. The molecule has 0 amide bonds. The van der Waals surface area contributed by atoms with Crippen molar-refractivity contribution >= 4 is 29.9 Å². The van der Waals surface area contributed by atoms with Crippen LogP contribution in [0.1, 0.15) is 31.1 Å². The Kier molecular flexibility index (Phi) is 11.5. The second-order valence-electron chi connectivity index (χ2n) is 6.59. The Morgan fingerprint density at radius 2 is 1.90 bits per heavy atom. The quantitative estimate of drug-likeness (QED) is 0.271. The van der Waals surface area contributed by atoms with Crippen molar-refractivity contribution in [1.82, 2.24) is 10.6 Å². The number of nitrogens with one attached hydrogen (secondary N) is 2. The third-order valence-electron chi connectivity index (χ3n) is 4.22. The summed E-state index contributed by atoms with van der Waals surface area (Å²) in [6.45, 7) is 7.61. The van der Waals surface area contributed by atoms with Gasteiger partial charge in [0.1, 0.15) is 17.6 Å². The summed E-state index contributed by atoms with van der Waals surface area (Å²) in [6, 6.07) is 15.3. The molecule has 3 N–H and O–H groups in total. The highest BCUT2D eigenvalue weighted by atomic mass is 127. The number of hydrogen-bond acceptors (Lipinski definition) is 4. The Labute approximate surface area is 190 Å². The number of halogens is 1. The first-order chi connectivity index (χ1) is 13.5. The van der Waals surface area contributed by atoms with Gasteiger partial charge >= 0.3 is 0 Å². The first-order valence-corrected chi connectivity index (χ1v) is 9.60. The topological polar surface area (TPSA) is 75.1 Å². The molecular weight excluding hydrogens is 481 g/mol. The average molecular weight is 513 g/mol. The summed E-state index contributed by atoms with van der Waals surface area (Å²) in [5.41, 5.74) is 1.88. The van der Waals surface area contributed by atoms with Gasteiger partial charge in [0.15, 0.2) is 5.96 Å². The van der Waals surface area contributed by atoms with Crippen molar-refractivity contribution in [2.45, 2.75) is 33.0 Å². The summed E-state index contributed by atoms with van der Waals surface area (Å²) in [5, 5.41) is 16.9. The largest absolute Gasteiger partial charge is 0.497 e. The second kappa shape index (κ2) is 13.3. The first-order valence-electron chi connectivity index (χ1n) is 9.60. The number of aliphatic hydroxyl groups excluding tert-OH is 1. The van der Waals surface area contributed by atoms with Crippen molar-refractivity contribution in [1.29, 1.82) is 0 Å². The number of nitrogens with zero attached hydrogens (tertiary/aromatic N) is 1. The maximum atomic E-state index is 10.4. The molecular formula is C22H32IN3O3. The summed E-state index contributed by atoms with van der Waals surface area (Å²) in [5.74, 6) is 2.24. The number of aliphatic hydroxyl groups is 1. The standard InChI is InChI=1S/C22H31N3O3.HI/c1-5-23-22(24-14-17(3)28-21-12-7-6-9-16(21)2)25-15-20(26)18-10-8-11-19(13-18)27-4;/h6-13,17,20,26H,5,14-15H2,1-4H3,(H2,23,24,25);1H. The summed E-state index contributed by atoms with van der Waals surface area (Å²) in [7, 11) is 1.61. The van der Waals surface area contributed by atoms with Crippen molar-refractivity contribution in [2.24, 2.45) is 4.99 Å². The summed E-state index contributed by atoms with van der Waals surface area (Å²) in [6.07, 6.45) is -0.737. The van der Waals surface area contributed by atoms with Gasteiger partial charge in [0, 0.05) is 6.54 Å². The Bertz CT molecular complexity index is 770. The molecule has 2 aromatic rings. The van der Waals surface area contributed by atoms with Crippen LogP contribution in [0.3, 0.4) is 0 Å². The van der Waals surface area contributed by atoms with Crippen LogP contribution < -0.4 is 20.1 Å². The maximum absolute atomic E-state index is 10.4. The Balaban J connectivity index is 0.00000420. The maximum Gasteiger partial charge on any atom is 0.191 e. The van der Waals surface area contributed by atoms with E-state index in [0.29, 0.717) is 18.3 Å². The number of benzene rings is 2. The van der Waals surface area contributed by atoms with E-state index in [0.717, 1.165) is 23.4 Å². The predicted octanol–water partition coefficient (Wildman–Crippen LogP) is 3.68. The molecule has 0 aliphatic rings. The lowest BCUT2D eigenvalue weighted by molar-refractivity contribution is 0.186. The van der Waals surface area contributed by atoms with Crippen LogP contribution in [0.4, 0.5) is 0 Å². The van der Waals surface area contributed by atoms with Crippen molar-refractivity contribution in [2.75, 3.05) is 26.7 Å². The number of rotatable bonds is 9. The lowest BCUT2D eigenvalue weighted by Gasteiger charge is -2.19. The van der Waals surface area contributed by atoms with Crippen LogP contribution >= 0.6 is 24.0 Å². The van der Waals surface area contributed by atoms with E-state index in [-0.39, 0.29) is 36.6 Å². The fraction of sp³-hybridized carbons (Fsp3) is 0.409. The predicted molar refractivity (Wildman–Crippen MR) is 129 cm³/mol. The number of aliphatic imine (C=N–C) groups is 1. The van der Waals surface area contributed by atoms with Crippen molar-refractivity contribution in [3.05, 3.63) is 59.7 Å². The molecule has 0 aromatic heterocycles. The van der Waals surface area contributed by atoms with Gasteiger partial charge in [-0.05, 0) is 50.1 Å². The van der Waals surface area contributed by atoms with Gasteiger partial charge in [-0.2, -0.15) is 0 Å². The van der Waals surface area contributed by atoms with Gasteiger partial charge in [-0.25, -0.2) is 0 Å². The van der Waals surface area contributed by atoms with Gasteiger partial charge in [0.2, 0.25) is 0 Å². The van der Waals surface area contributed by atoms with E-state index in [1.165, 1.54) is 0 Å². The van der Waals surface area contributed by atoms with Gasteiger partial charge in [-0.1, -0.05) is 30.3 Å². The highest BCUT2D eigenvalue weighted by Gasteiger charge is 2.10. The zero-order valence-electron chi connectivity index (χ0n) is 17.5. The van der Waals surface area contributed by atoms with E-state index in [1.54, 1.807) is 7.11 Å². The van der Waals surface area contributed by atoms with Gasteiger partial charge in [-0.3, -0.25) is 4.99 Å². The minimum atomic E-state index is -0.703. The minimum absolute atomic E-state index is 0. The van der Waals surface area contributed by atoms with Crippen LogP contribution in [0.25, 0.3) is 0 Å². The second-order valence-corrected chi connectivity index (χ2v) is 6.59. The van der Waals surface area contributed by atoms with E-state index in [1.807, 2.05) is 69.3 Å². The zero-order valence-corrected chi connectivity index (χ0v) is 19.8.